The fraction of sp³-hybridized carbons (Fsp3) is 0.462. The van der Waals surface area contributed by atoms with Gasteiger partial charge in [0, 0.05) is 38.8 Å². The van der Waals surface area contributed by atoms with E-state index in [4.69, 9.17) is 0 Å². The Labute approximate surface area is 202 Å². The lowest BCUT2D eigenvalue weighted by molar-refractivity contribution is -0.133. The van der Waals surface area contributed by atoms with Gasteiger partial charge in [0.05, 0.1) is 17.0 Å². The highest BCUT2D eigenvalue weighted by Crippen LogP contribution is 2.29. The van der Waals surface area contributed by atoms with E-state index < -0.39 is 10.0 Å². The van der Waals surface area contributed by atoms with Crippen molar-refractivity contribution in [1.82, 2.24) is 14.1 Å². The van der Waals surface area contributed by atoms with Gasteiger partial charge < -0.3 is 4.90 Å². The smallest absolute Gasteiger partial charge is 0.244 e. The van der Waals surface area contributed by atoms with Crippen LogP contribution in [0.5, 0.6) is 0 Å². The number of rotatable bonds is 8. The van der Waals surface area contributed by atoms with Gasteiger partial charge in [-0.2, -0.15) is 9.57 Å². The standard InChI is InChI=1S/C26H32N4O3S/c1-20(2)22-9-7-21(8-10-22)18-29(24-11-12-24)19-26(31)28-13-15-30(16-14-28)34(32,33)25-6-4-3-5-23(25)17-27/h3-10,20,24H,11-16,18-19H2,1-2H3. The molecular weight excluding hydrogens is 448 g/mol. The molecule has 0 N–H and O–H groups in total. The molecule has 1 saturated carbocycles. The molecular formula is C26H32N4O3S. The molecule has 2 fully saturated rings. The van der Waals surface area contributed by atoms with Crippen LogP contribution in [0.25, 0.3) is 0 Å². The summed E-state index contributed by atoms with van der Waals surface area (Å²) in [4.78, 5) is 17.1. The number of hydrogen-bond acceptors (Lipinski definition) is 5. The Bertz CT molecular complexity index is 1160. The second-order valence-corrected chi connectivity index (χ2v) is 11.3. The third-order valence-electron chi connectivity index (χ3n) is 6.65. The Hall–Kier alpha value is -2.73. The SMILES string of the molecule is CC(C)c1ccc(CN(CC(=O)N2CCN(S(=O)(=O)c3ccccc3C#N)CC2)C2CC2)cc1. The van der Waals surface area contributed by atoms with Gasteiger partial charge in [0.1, 0.15) is 6.07 Å². The highest BCUT2D eigenvalue weighted by Gasteiger charge is 2.34. The third-order valence-corrected chi connectivity index (χ3v) is 8.61. The molecule has 2 aromatic carbocycles. The summed E-state index contributed by atoms with van der Waals surface area (Å²) in [7, 11) is -3.77. The highest BCUT2D eigenvalue weighted by molar-refractivity contribution is 7.89. The van der Waals surface area contributed by atoms with Crippen LogP contribution < -0.4 is 0 Å². The number of nitrogens with zero attached hydrogens (tertiary/aromatic N) is 4. The topological polar surface area (TPSA) is 84.7 Å². The van der Waals surface area contributed by atoms with Gasteiger partial charge in [-0.05, 0) is 42.0 Å². The van der Waals surface area contributed by atoms with E-state index in [1.807, 2.05) is 6.07 Å². The van der Waals surface area contributed by atoms with E-state index >= 15 is 0 Å². The molecule has 8 heteroatoms. The van der Waals surface area contributed by atoms with Gasteiger partial charge in [-0.1, -0.05) is 50.2 Å². The second-order valence-electron chi connectivity index (χ2n) is 9.43. The van der Waals surface area contributed by atoms with Gasteiger partial charge in [-0.15, -0.1) is 0 Å². The average Bonchev–Trinajstić information content (AvgIpc) is 3.69. The lowest BCUT2D eigenvalue weighted by Gasteiger charge is -2.35. The number of hydrogen-bond donors (Lipinski definition) is 0. The largest absolute Gasteiger partial charge is 0.339 e. The lowest BCUT2D eigenvalue weighted by Crippen LogP contribution is -2.52. The summed E-state index contributed by atoms with van der Waals surface area (Å²) < 4.78 is 27.5. The molecule has 2 aliphatic rings. The first-order chi connectivity index (χ1) is 16.3. The van der Waals surface area contributed by atoms with Crippen LogP contribution in [-0.4, -0.2) is 67.2 Å². The summed E-state index contributed by atoms with van der Waals surface area (Å²) in [5.41, 5.74) is 2.65. The lowest BCUT2D eigenvalue weighted by atomic mass is 10.0. The molecule has 0 bridgehead atoms. The molecule has 4 rings (SSSR count). The van der Waals surface area contributed by atoms with E-state index in [-0.39, 0.29) is 29.5 Å². The zero-order valence-electron chi connectivity index (χ0n) is 19.9. The minimum absolute atomic E-state index is 0.0284. The number of carbonyl (C=O) groups excluding carboxylic acids is 1. The Balaban J connectivity index is 1.35. The van der Waals surface area contributed by atoms with Crippen LogP contribution >= 0.6 is 0 Å². The van der Waals surface area contributed by atoms with Crippen LogP contribution in [-0.2, 0) is 21.4 Å². The van der Waals surface area contributed by atoms with Crippen molar-refractivity contribution in [3.63, 3.8) is 0 Å². The number of piperazine rings is 1. The van der Waals surface area contributed by atoms with Crippen molar-refractivity contribution in [1.29, 1.82) is 5.26 Å². The predicted molar refractivity (Wildman–Crippen MR) is 130 cm³/mol. The Morgan fingerprint density at radius 2 is 1.71 bits per heavy atom. The Kier molecular flexibility index (Phi) is 7.36. The first-order valence-corrected chi connectivity index (χ1v) is 13.3. The zero-order valence-corrected chi connectivity index (χ0v) is 20.7. The molecule has 0 atom stereocenters. The van der Waals surface area contributed by atoms with Crippen molar-refractivity contribution >= 4 is 15.9 Å². The quantitative estimate of drug-likeness (QED) is 0.579. The maximum Gasteiger partial charge on any atom is 0.244 e. The fourth-order valence-corrected chi connectivity index (χ4v) is 5.94. The molecule has 0 spiro atoms. The molecule has 34 heavy (non-hydrogen) atoms. The van der Waals surface area contributed by atoms with Gasteiger partial charge in [-0.3, -0.25) is 9.69 Å². The zero-order chi connectivity index (χ0) is 24.3. The van der Waals surface area contributed by atoms with E-state index in [2.05, 4.69) is 43.0 Å². The van der Waals surface area contributed by atoms with Gasteiger partial charge in [0.25, 0.3) is 0 Å². The Morgan fingerprint density at radius 1 is 1.06 bits per heavy atom. The molecule has 1 heterocycles. The Morgan fingerprint density at radius 3 is 2.29 bits per heavy atom. The molecule has 1 aliphatic carbocycles. The molecule has 0 unspecified atom stereocenters. The highest BCUT2D eigenvalue weighted by atomic mass is 32.2. The molecule has 0 radical (unpaired) electrons. The van der Waals surface area contributed by atoms with Gasteiger partial charge in [0.2, 0.25) is 15.9 Å². The van der Waals surface area contributed by atoms with E-state index in [1.54, 1.807) is 17.0 Å². The first-order valence-electron chi connectivity index (χ1n) is 11.9. The van der Waals surface area contributed by atoms with E-state index in [0.29, 0.717) is 31.6 Å². The van der Waals surface area contributed by atoms with Crippen LogP contribution in [0.3, 0.4) is 0 Å². The summed E-state index contributed by atoms with van der Waals surface area (Å²) in [6.07, 6.45) is 2.23. The van der Waals surface area contributed by atoms with Crippen LogP contribution in [0, 0.1) is 11.3 Å². The molecule has 1 aliphatic heterocycles. The van der Waals surface area contributed by atoms with Gasteiger partial charge in [-0.25, -0.2) is 8.42 Å². The van der Waals surface area contributed by atoms with Crippen LogP contribution in [0.15, 0.2) is 53.4 Å². The van der Waals surface area contributed by atoms with Crippen molar-refractivity contribution in [3.05, 3.63) is 65.2 Å². The maximum atomic E-state index is 13.1. The minimum atomic E-state index is -3.77. The number of benzene rings is 2. The van der Waals surface area contributed by atoms with E-state index in [1.165, 1.54) is 27.6 Å². The predicted octanol–water partition coefficient (Wildman–Crippen LogP) is 3.18. The monoisotopic (exact) mass is 480 g/mol. The number of amides is 1. The number of carbonyl (C=O) groups is 1. The van der Waals surface area contributed by atoms with Gasteiger partial charge >= 0.3 is 0 Å². The summed E-state index contributed by atoms with van der Waals surface area (Å²) in [6.45, 7) is 6.62. The average molecular weight is 481 g/mol. The minimum Gasteiger partial charge on any atom is -0.339 e. The normalized spacial score (nSPS) is 17.2. The maximum absolute atomic E-state index is 13.1. The molecule has 1 amide bonds. The molecule has 180 valence electrons. The number of sulfonamides is 1. The van der Waals surface area contributed by atoms with Crippen molar-refractivity contribution in [2.45, 2.75) is 50.1 Å². The van der Waals surface area contributed by atoms with Crippen LogP contribution in [0.1, 0.15) is 49.3 Å². The van der Waals surface area contributed by atoms with Crippen molar-refractivity contribution < 1.29 is 13.2 Å². The van der Waals surface area contributed by atoms with Crippen molar-refractivity contribution in [3.8, 4) is 6.07 Å². The van der Waals surface area contributed by atoms with Crippen molar-refractivity contribution in [2.75, 3.05) is 32.7 Å². The van der Waals surface area contributed by atoms with Gasteiger partial charge in [0.15, 0.2) is 0 Å². The fourth-order valence-electron chi connectivity index (χ4n) is 4.37. The first kappa shape index (κ1) is 24.4. The second kappa shape index (κ2) is 10.3. The van der Waals surface area contributed by atoms with E-state index in [9.17, 15) is 18.5 Å². The molecule has 7 nitrogen and oxygen atoms in total. The molecule has 1 saturated heterocycles. The van der Waals surface area contributed by atoms with Crippen LogP contribution in [0.4, 0.5) is 0 Å². The summed E-state index contributed by atoms with van der Waals surface area (Å²) in [5, 5.41) is 9.28. The number of nitriles is 1. The summed E-state index contributed by atoms with van der Waals surface area (Å²) >= 11 is 0. The van der Waals surface area contributed by atoms with Crippen LogP contribution in [0.2, 0.25) is 0 Å². The summed E-state index contributed by atoms with van der Waals surface area (Å²) in [5.74, 6) is 0.534. The molecule has 2 aromatic rings. The summed E-state index contributed by atoms with van der Waals surface area (Å²) in [6, 6.07) is 17.3. The van der Waals surface area contributed by atoms with E-state index in [0.717, 1.165) is 19.4 Å². The van der Waals surface area contributed by atoms with Crippen molar-refractivity contribution in [2.24, 2.45) is 0 Å². The molecule has 0 aromatic heterocycles. The third kappa shape index (κ3) is 5.49.